The molecule has 1 aliphatic rings. The Labute approximate surface area is 149 Å². The lowest BCUT2D eigenvalue weighted by Gasteiger charge is -2.17. The van der Waals surface area contributed by atoms with E-state index in [9.17, 15) is 8.42 Å². The smallest absolute Gasteiger partial charge is 0.260 e. The van der Waals surface area contributed by atoms with Crippen LogP contribution in [0.1, 0.15) is 18.4 Å². The summed E-state index contributed by atoms with van der Waals surface area (Å²) in [7, 11) is -3.54. The van der Waals surface area contributed by atoms with Gasteiger partial charge >= 0.3 is 0 Å². The van der Waals surface area contributed by atoms with Crippen LogP contribution in [0.25, 0.3) is 0 Å². The van der Waals surface area contributed by atoms with E-state index in [2.05, 4.69) is 5.10 Å². The second-order valence-electron chi connectivity index (χ2n) is 5.82. The maximum absolute atomic E-state index is 12.9. The third-order valence-electron chi connectivity index (χ3n) is 4.52. The van der Waals surface area contributed by atoms with Crippen LogP contribution in [0.15, 0.2) is 47.6 Å². The number of nitrogens with two attached hydrogens (primary N) is 1. The summed E-state index contributed by atoms with van der Waals surface area (Å²) in [6.07, 6.45) is 1.53. The Morgan fingerprint density at radius 1 is 1.21 bits per heavy atom. The van der Waals surface area contributed by atoms with Crippen LogP contribution >= 0.6 is 12.4 Å². The van der Waals surface area contributed by atoms with E-state index in [-0.39, 0.29) is 29.3 Å². The zero-order chi connectivity index (χ0) is 16.4. The van der Waals surface area contributed by atoms with Crippen LogP contribution in [0.5, 0.6) is 0 Å². The van der Waals surface area contributed by atoms with Gasteiger partial charge in [-0.1, -0.05) is 30.3 Å². The number of hydrogen-bond acceptors (Lipinski definition) is 4. The fourth-order valence-electron chi connectivity index (χ4n) is 3.25. The molecular formula is C16H23ClN4O2S. The molecule has 132 valence electrons. The maximum Gasteiger partial charge on any atom is 0.260 e. The van der Waals surface area contributed by atoms with Crippen molar-refractivity contribution in [2.75, 3.05) is 19.6 Å². The van der Waals surface area contributed by atoms with Gasteiger partial charge in [0.05, 0.1) is 6.20 Å². The number of sulfonamides is 1. The first-order valence-corrected chi connectivity index (χ1v) is 9.29. The minimum atomic E-state index is -3.54. The zero-order valence-corrected chi connectivity index (χ0v) is 15.2. The average molecular weight is 371 g/mol. The number of benzene rings is 1. The van der Waals surface area contributed by atoms with Crippen LogP contribution in [0.3, 0.4) is 0 Å². The minimum absolute atomic E-state index is 0. The van der Waals surface area contributed by atoms with Crippen LogP contribution in [0, 0.1) is 5.92 Å². The predicted molar refractivity (Wildman–Crippen MR) is 95.6 cm³/mol. The Morgan fingerprint density at radius 2 is 1.92 bits per heavy atom. The fourth-order valence-corrected chi connectivity index (χ4v) is 4.94. The predicted octanol–water partition coefficient (Wildman–Crippen LogP) is 1.69. The monoisotopic (exact) mass is 370 g/mol. The molecule has 1 saturated heterocycles. The van der Waals surface area contributed by atoms with Crippen molar-refractivity contribution in [3.63, 3.8) is 0 Å². The number of halogens is 1. The van der Waals surface area contributed by atoms with E-state index in [1.54, 1.807) is 10.4 Å². The van der Waals surface area contributed by atoms with Crippen LogP contribution in [0.2, 0.25) is 0 Å². The normalized spacial score (nSPS) is 21.6. The van der Waals surface area contributed by atoms with Crippen molar-refractivity contribution in [3.05, 3.63) is 48.2 Å². The molecule has 2 aromatic rings. The van der Waals surface area contributed by atoms with Gasteiger partial charge in [-0.05, 0) is 31.0 Å². The summed E-state index contributed by atoms with van der Waals surface area (Å²) in [6.45, 7) is 3.79. The van der Waals surface area contributed by atoms with Crippen molar-refractivity contribution in [1.29, 1.82) is 0 Å². The number of nitrogens with zero attached hydrogens (tertiary/aromatic N) is 3. The molecule has 0 aliphatic carbocycles. The van der Waals surface area contributed by atoms with Gasteiger partial charge in [0, 0.05) is 25.6 Å². The van der Waals surface area contributed by atoms with E-state index in [0.29, 0.717) is 26.2 Å². The summed E-state index contributed by atoms with van der Waals surface area (Å²) in [5, 5.41) is 4.33. The van der Waals surface area contributed by atoms with Crippen LogP contribution in [-0.4, -0.2) is 42.1 Å². The highest BCUT2D eigenvalue weighted by Crippen LogP contribution is 2.35. The Balaban J connectivity index is 0.00000208. The van der Waals surface area contributed by atoms with Gasteiger partial charge in [-0.15, -0.1) is 12.4 Å². The Kier molecular flexibility index (Phi) is 6.03. The molecule has 8 heteroatoms. The third-order valence-corrected chi connectivity index (χ3v) is 6.37. The van der Waals surface area contributed by atoms with E-state index >= 15 is 0 Å². The summed E-state index contributed by atoms with van der Waals surface area (Å²) in [5.41, 5.74) is 7.05. The van der Waals surface area contributed by atoms with E-state index in [0.717, 1.165) is 5.56 Å². The van der Waals surface area contributed by atoms with Crippen molar-refractivity contribution in [1.82, 2.24) is 14.1 Å². The molecule has 0 spiro atoms. The highest BCUT2D eigenvalue weighted by Gasteiger charge is 2.40. The molecule has 6 nitrogen and oxygen atoms in total. The van der Waals surface area contributed by atoms with Crippen molar-refractivity contribution >= 4 is 22.4 Å². The molecule has 0 unspecified atom stereocenters. The molecule has 0 bridgehead atoms. The van der Waals surface area contributed by atoms with E-state index < -0.39 is 10.0 Å². The van der Waals surface area contributed by atoms with Crippen molar-refractivity contribution in [2.45, 2.75) is 24.4 Å². The first-order valence-electron chi connectivity index (χ1n) is 7.85. The van der Waals surface area contributed by atoms with Crippen molar-refractivity contribution < 1.29 is 8.42 Å². The molecule has 0 saturated carbocycles. The van der Waals surface area contributed by atoms with E-state index in [4.69, 9.17) is 5.73 Å². The summed E-state index contributed by atoms with van der Waals surface area (Å²) in [4.78, 5) is 0. The highest BCUT2D eigenvalue weighted by atomic mass is 35.5. The molecule has 0 amide bonds. The van der Waals surface area contributed by atoms with Gasteiger partial charge in [-0.3, -0.25) is 4.68 Å². The largest absolute Gasteiger partial charge is 0.330 e. The SMILES string of the molecule is CCn1nccc1S(=O)(=O)N1C[C@@H](CN)[C@H](c2ccccc2)C1.Cl. The van der Waals surface area contributed by atoms with E-state index in [1.165, 1.54) is 10.9 Å². The van der Waals surface area contributed by atoms with Gasteiger partial charge < -0.3 is 5.73 Å². The minimum Gasteiger partial charge on any atom is -0.330 e. The first kappa shape index (κ1) is 18.9. The average Bonchev–Trinajstić information content (AvgIpc) is 3.22. The number of aromatic nitrogens is 2. The Hall–Kier alpha value is -1.41. The lowest BCUT2D eigenvalue weighted by atomic mass is 9.89. The third kappa shape index (κ3) is 3.35. The van der Waals surface area contributed by atoms with Gasteiger partial charge in [0.25, 0.3) is 10.0 Å². The van der Waals surface area contributed by atoms with Gasteiger partial charge in [0.2, 0.25) is 0 Å². The second kappa shape index (κ2) is 7.65. The molecule has 2 heterocycles. The molecule has 2 atom stereocenters. The summed E-state index contributed by atoms with van der Waals surface area (Å²) in [5.74, 6) is 0.263. The summed E-state index contributed by atoms with van der Waals surface area (Å²) in [6, 6.07) is 11.6. The molecule has 0 radical (unpaired) electrons. The lowest BCUT2D eigenvalue weighted by Crippen LogP contribution is -2.31. The lowest BCUT2D eigenvalue weighted by molar-refractivity contribution is 0.447. The molecule has 1 aliphatic heterocycles. The molecule has 3 rings (SSSR count). The number of rotatable bonds is 5. The van der Waals surface area contributed by atoms with Crippen molar-refractivity contribution in [3.8, 4) is 0 Å². The zero-order valence-electron chi connectivity index (χ0n) is 13.6. The Bertz CT molecular complexity index is 763. The van der Waals surface area contributed by atoms with Gasteiger partial charge in [0.1, 0.15) is 0 Å². The summed E-state index contributed by atoms with van der Waals surface area (Å²) < 4.78 is 28.9. The maximum atomic E-state index is 12.9. The van der Waals surface area contributed by atoms with Crippen LogP contribution < -0.4 is 5.73 Å². The molecule has 24 heavy (non-hydrogen) atoms. The topological polar surface area (TPSA) is 81.2 Å². The van der Waals surface area contributed by atoms with E-state index in [1.807, 2.05) is 37.3 Å². The Morgan fingerprint density at radius 3 is 2.54 bits per heavy atom. The van der Waals surface area contributed by atoms with Crippen LogP contribution in [-0.2, 0) is 16.6 Å². The fraction of sp³-hybridized carbons (Fsp3) is 0.438. The molecule has 1 fully saturated rings. The molecular weight excluding hydrogens is 348 g/mol. The van der Waals surface area contributed by atoms with Gasteiger partial charge in [-0.2, -0.15) is 9.40 Å². The molecule has 1 aromatic carbocycles. The number of aryl methyl sites for hydroxylation is 1. The standard InChI is InChI=1S/C16H22N4O2S.ClH/c1-2-20-16(8-9-18-20)23(21,22)19-11-14(10-17)15(12-19)13-6-4-3-5-7-13;/h3-9,14-15H,2,10-12,17H2,1H3;1H/t14-,15+;/m1./s1. The quantitative estimate of drug-likeness (QED) is 0.868. The van der Waals surface area contributed by atoms with Crippen molar-refractivity contribution in [2.24, 2.45) is 11.7 Å². The summed E-state index contributed by atoms with van der Waals surface area (Å²) >= 11 is 0. The highest BCUT2D eigenvalue weighted by molar-refractivity contribution is 7.89. The number of hydrogen-bond donors (Lipinski definition) is 1. The molecule has 2 N–H and O–H groups in total. The molecule has 1 aromatic heterocycles. The van der Waals surface area contributed by atoms with Gasteiger partial charge in [-0.25, -0.2) is 8.42 Å². The second-order valence-corrected chi connectivity index (χ2v) is 7.70. The van der Waals surface area contributed by atoms with Gasteiger partial charge in [0.15, 0.2) is 5.03 Å². The van der Waals surface area contributed by atoms with Crippen LogP contribution in [0.4, 0.5) is 0 Å². The first-order chi connectivity index (χ1) is 11.1.